The molecule has 3 rings (SSSR count). The summed E-state index contributed by atoms with van der Waals surface area (Å²) in [6, 6.07) is 19.2. The van der Waals surface area contributed by atoms with Crippen LogP contribution < -0.4 is 15.8 Å². The molecule has 1 aromatic heterocycles. The zero-order valence-electron chi connectivity index (χ0n) is 12.2. The van der Waals surface area contributed by atoms with Gasteiger partial charge in [-0.3, -0.25) is 0 Å². The summed E-state index contributed by atoms with van der Waals surface area (Å²) in [4.78, 5) is 7.91. The van der Waals surface area contributed by atoms with Gasteiger partial charge in [-0.25, -0.2) is 4.98 Å². The molecule has 5 nitrogen and oxygen atoms in total. The number of rotatable bonds is 5. The maximum atomic E-state index is 5.87. The molecule has 116 valence electrons. The summed E-state index contributed by atoms with van der Waals surface area (Å²) in [5.74, 6) is 1.41. The van der Waals surface area contributed by atoms with E-state index in [4.69, 9.17) is 22.1 Å². The van der Waals surface area contributed by atoms with Crippen molar-refractivity contribution >= 4 is 29.1 Å². The van der Waals surface area contributed by atoms with E-state index < -0.39 is 0 Å². The van der Waals surface area contributed by atoms with E-state index in [0.717, 1.165) is 17.0 Å². The first-order valence-corrected chi connectivity index (χ1v) is 7.41. The number of nitrogens with zero attached hydrogens (tertiary/aromatic N) is 2. The van der Waals surface area contributed by atoms with Crippen molar-refractivity contribution in [1.29, 1.82) is 0 Å². The second-order valence-corrected chi connectivity index (χ2v) is 5.25. The molecule has 0 spiro atoms. The third kappa shape index (κ3) is 4.34. The second-order valence-electron chi connectivity index (χ2n) is 4.86. The van der Waals surface area contributed by atoms with E-state index in [0.29, 0.717) is 12.4 Å². The highest BCUT2D eigenvalue weighted by molar-refractivity contribution is 6.29. The topological polar surface area (TPSA) is 73.1 Å². The molecule has 0 saturated carbocycles. The number of hydrogen-bond donors (Lipinski definition) is 2. The number of halogens is 1. The van der Waals surface area contributed by atoms with E-state index in [9.17, 15) is 0 Å². The molecule has 0 bridgehead atoms. The zero-order valence-corrected chi connectivity index (χ0v) is 13.0. The van der Waals surface area contributed by atoms with Crippen LogP contribution in [0.5, 0.6) is 5.75 Å². The summed E-state index contributed by atoms with van der Waals surface area (Å²) in [5.41, 5.74) is 7.52. The van der Waals surface area contributed by atoms with Crippen LogP contribution in [0.2, 0.25) is 5.15 Å². The van der Waals surface area contributed by atoms with E-state index in [1.807, 2.05) is 54.6 Å². The molecule has 0 radical (unpaired) electrons. The quantitative estimate of drug-likeness (QED) is 0.692. The fraction of sp³-hybridized carbons (Fsp3) is 0.0588. The molecule has 1 heterocycles. The molecule has 0 fully saturated rings. The van der Waals surface area contributed by atoms with Gasteiger partial charge in [-0.05, 0) is 17.7 Å². The maximum Gasteiger partial charge on any atom is 0.223 e. The smallest absolute Gasteiger partial charge is 0.223 e. The van der Waals surface area contributed by atoms with E-state index in [1.54, 1.807) is 6.07 Å². The van der Waals surface area contributed by atoms with Crippen LogP contribution in [0.4, 0.5) is 17.5 Å². The van der Waals surface area contributed by atoms with E-state index in [2.05, 4.69) is 15.3 Å². The van der Waals surface area contributed by atoms with E-state index in [-0.39, 0.29) is 11.1 Å². The number of ether oxygens (including phenoxy) is 1. The first-order chi connectivity index (χ1) is 11.2. The van der Waals surface area contributed by atoms with Crippen molar-refractivity contribution in [2.75, 3.05) is 11.1 Å². The molecule has 3 aromatic rings. The van der Waals surface area contributed by atoms with Crippen LogP contribution in [-0.4, -0.2) is 9.97 Å². The summed E-state index contributed by atoms with van der Waals surface area (Å²) in [7, 11) is 0. The second kappa shape index (κ2) is 6.98. The van der Waals surface area contributed by atoms with Gasteiger partial charge in [-0.2, -0.15) is 4.98 Å². The molecule has 0 aliphatic rings. The molecule has 0 saturated heterocycles. The Kier molecular flexibility index (Phi) is 4.59. The van der Waals surface area contributed by atoms with Crippen molar-refractivity contribution in [1.82, 2.24) is 9.97 Å². The van der Waals surface area contributed by atoms with Gasteiger partial charge in [-0.1, -0.05) is 48.0 Å². The fourth-order valence-electron chi connectivity index (χ4n) is 2.05. The van der Waals surface area contributed by atoms with Crippen molar-refractivity contribution in [3.63, 3.8) is 0 Å². The predicted molar refractivity (Wildman–Crippen MR) is 92.0 cm³/mol. The lowest BCUT2D eigenvalue weighted by Crippen LogP contribution is -2.00. The van der Waals surface area contributed by atoms with Crippen molar-refractivity contribution in [3.8, 4) is 5.75 Å². The lowest BCUT2D eigenvalue weighted by Gasteiger charge is -2.10. The average molecular weight is 327 g/mol. The minimum absolute atomic E-state index is 0.122. The molecule has 2 aromatic carbocycles. The van der Waals surface area contributed by atoms with Gasteiger partial charge < -0.3 is 15.8 Å². The van der Waals surface area contributed by atoms with Crippen LogP contribution >= 0.6 is 11.6 Å². The van der Waals surface area contributed by atoms with Gasteiger partial charge in [0.15, 0.2) is 0 Å². The molecule has 23 heavy (non-hydrogen) atoms. The van der Waals surface area contributed by atoms with E-state index in [1.165, 1.54) is 0 Å². The molecule has 3 N–H and O–H groups in total. The number of anilines is 3. The highest BCUT2D eigenvalue weighted by Crippen LogP contribution is 2.22. The summed E-state index contributed by atoms with van der Waals surface area (Å²) >= 11 is 5.87. The Morgan fingerprint density at radius 3 is 2.61 bits per heavy atom. The van der Waals surface area contributed by atoms with Crippen LogP contribution in [0, 0.1) is 0 Å². The van der Waals surface area contributed by atoms with Gasteiger partial charge in [0.1, 0.15) is 23.3 Å². The zero-order chi connectivity index (χ0) is 16.1. The number of nitrogen functional groups attached to an aromatic ring is 1. The Morgan fingerprint density at radius 2 is 1.83 bits per heavy atom. The Bertz CT molecular complexity index is 775. The van der Waals surface area contributed by atoms with Gasteiger partial charge >= 0.3 is 0 Å². The first-order valence-electron chi connectivity index (χ1n) is 7.03. The SMILES string of the molecule is Nc1nc(Cl)cc(Nc2cccc(OCc3ccccc3)c2)n1. The minimum atomic E-state index is 0.122. The number of hydrogen-bond acceptors (Lipinski definition) is 5. The fourth-order valence-corrected chi connectivity index (χ4v) is 2.24. The maximum absolute atomic E-state index is 5.87. The Labute approximate surface area is 139 Å². The number of aromatic nitrogens is 2. The summed E-state index contributed by atoms with van der Waals surface area (Å²) < 4.78 is 5.79. The Hall–Kier alpha value is -2.79. The summed E-state index contributed by atoms with van der Waals surface area (Å²) in [6.07, 6.45) is 0. The van der Waals surface area contributed by atoms with Crippen LogP contribution in [-0.2, 0) is 6.61 Å². The molecular formula is C17H15ClN4O. The monoisotopic (exact) mass is 326 g/mol. The van der Waals surface area contributed by atoms with Crippen LogP contribution in [0.1, 0.15) is 5.56 Å². The average Bonchev–Trinajstić information content (AvgIpc) is 2.53. The van der Waals surface area contributed by atoms with Gasteiger partial charge in [0, 0.05) is 17.8 Å². The first kappa shape index (κ1) is 15.1. The minimum Gasteiger partial charge on any atom is -0.489 e. The van der Waals surface area contributed by atoms with E-state index >= 15 is 0 Å². The third-order valence-corrected chi connectivity index (χ3v) is 3.26. The van der Waals surface area contributed by atoms with Crippen LogP contribution in [0.3, 0.4) is 0 Å². The predicted octanol–water partition coefficient (Wildman–Crippen LogP) is 4.03. The molecule has 0 atom stereocenters. The number of nitrogens with two attached hydrogens (primary N) is 1. The van der Waals surface area contributed by atoms with Crippen molar-refractivity contribution < 1.29 is 4.74 Å². The van der Waals surface area contributed by atoms with Gasteiger partial charge in [-0.15, -0.1) is 0 Å². The lowest BCUT2D eigenvalue weighted by molar-refractivity contribution is 0.306. The molecule has 0 amide bonds. The highest BCUT2D eigenvalue weighted by Gasteiger charge is 2.03. The molecule has 6 heteroatoms. The Morgan fingerprint density at radius 1 is 1.00 bits per heavy atom. The molecular weight excluding hydrogens is 312 g/mol. The van der Waals surface area contributed by atoms with Gasteiger partial charge in [0.25, 0.3) is 0 Å². The molecule has 0 unspecified atom stereocenters. The van der Waals surface area contributed by atoms with Gasteiger partial charge in [0.2, 0.25) is 5.95 Å². The number of nitrogens with one attached hydrogen (secondary N) is 1. The van der Waals surface area contributed by atoms with Crippen molar-refractivity contribution in [2.45, 2.75) is 6.61 Å². The highest BCUT2D eigenvalue weighted by atomic mass is 35.5. The van der Waals surface area contributed by atoms with Gasteiger partial charge in [0.05, 0.1) is 0 Å². The lowest BCUT2D eigenvalue weighted by atomic mass is 10.2. The van der Waals surface area contributed by atoms with Crippen molar-refractivity contribution in [2.24, 2.45) is 0 Å². The summed E-state index contributed by atoms with van der Waals surface area (Å²) in [5, 5.41) is 3.42. The van der Waals surface area contributed by atoms with Crippen LogP contribution in [0.15, 0.2) is 60.7 Å². The molecule has 0 aliphatic carbocycles. The largest absolute Gasteiger partial charge is 0.489 e. The third-order valence-electron chi connectivity index (χ3n) is 3.07. The standard InChI is InChI=1S/C17H15ClN4O/c18-15-10-16(22-17(19)21-15)20-13-7-4-8-14(9-13)23-11-12-5-2-1-3-6-12/h1-10H,11H2,(H3,19,20,21,22). The van der Waals surface area contributed by atoms with Crippen molar-refractivity contribution in [3.05, 3.63) is 71.4 Å². The summed E-state index contributed by atoms with van der Waals surface area (Å²) in [6.45, 7) is 0.510. The Balaban J connectivity index is 1.69. The molecule has 0 aliphatic heterocycles. The van der Waals surface area contributed by atoms with Crippen LogP contribution in [0.25, 0.3) is 0 Å². The number of benzene rings is 2. The normalized spacial score (nSPS) is 10.3.